The van der Waals surface area contributed by atoms with Crippen molar-refractivity contribution in [2.75, 3.05) is 20.3 Å². The summed E-state index contributed by atoms with van der Waals surface area (Å²) in [6, 6.07) is 11.0. The molecule has 0 aliphatic carbocycles. The molecule has 3 rings (SSSR count). The van der Waals surface area contributed by atoms with Gasteiger partial charge in [-0.2, -0.15) is 0 Å². The third-order valence-corrected chi connectivity index (χ3v) is 4.19. The van der Waals surface area contributed by atoms with Gasteiger partial charge in [-0.1, -0.05) is 12.1 Å². The summed E-state index contributed by atoms with van der Waals surface area (Å²) in [7, 11) is 1.67. The maximum atomic E-state index is 12.9. The van der Waals surface area contributed by atoms with E-state index >= 15 is 0 Å². The molecule has 5 nitrogen and oxygen atoms in total. The highest BCUT2D eigenvalue weighted by molar-refractivity contribution is 5.98. The van der Waals surface area contributed by atoms with Crippen LogP contribution in [0.5, 0.6) is 11.5 Å². The highest BCUT2D eigenvalue weighted by Gasteiger charge is 2.17. The lowest BCUT2D eigenvalue weighted by atomic mass is 10.1. The number of Topliss-reactive ketones (excluding diaryl/α,β-unsaturated/α-hetero) is 1. The number of amides is 1. The van der Waals surface area contributed by atoms with Crippen molar-refractivity contribution >= 4 is 11.7 Å². The fraction of sp³-hybridized carbons (Fsp3) is 0.300. The van der Waals surface area contributed by atoms with Crippen molar-refractivity contribution in [1.82, 2.24) is 4.90 Å². The van der Waals surface area contributed by atoms with Crippen molar-refractivity contribution in [2.24, 2.45) is 0 Å². The first-order valence-corrected chi connectivity index (χ1v) is 8.44. The van der Waals surface area contributed by atoms with Gasteiger partial charge in [-0.05, 0) is 35.9 Å². The van der Waals surface area contributed by atoms with Gasteiger partial charge >= 0.3 is 0 Å². The van der Waals surface area contributed by atoms with E-state index in [1.807, 2.05) is 0 Å². The number of hydrogen-bond donors (Lipinski definition) is 0. The van der Waals surface area contributed by atoms with Crippen LogP contribution in [0, 0.1) is 5.82 Å². The van der Waals surface area contributed by atoms with Crippen LogP contribution in [0.4, 0.5) is 4.39 Å². The number of hydrogen-bond acceptors (Lipinski definition) is 4. The minimum atomic E-state index is -0.312. The van der Waals surface area contributed by atoms with Gasteiger partial charge in [0, 0.05) is 32.0 Å². The smallest absolute Gasteiger partial charge is 0.223 e. The van der Waals surface area contributed by atoms with E-state index in [2.05, 4.69) is 0 Å². The van der Waals surface area contributed by atoms with Crippen LogP contribution in [0.3, 0.4) is 0 Å². The average molecular weight is 357 g/mol. The molecule has 0 N–H and O–H groups in total. The monoisotopic (exact) mass is 357 g/mol. The Labute approximate surface area is 151 Å². The SMILES string of the molecule is CN(Cc1ccc(F)cc1)C(=O)CCC(=O)c1ccc2c(c1)OCCO2. The lowest BCUT2D eigenvalue weighted by Gasteiger charge is -2.19. The van der Waals surface area contributed by atoms with Crippen LogP contribution in [-0.2, 0) is 11.3 Å². The largest absolute Gasteiger partial charge is 0.486 e. The molecule has 1 aliphatic rings. The van der Waals surface area contributed by atoms with Gasteiger partial charge < -0.3 is 14.4 Å². The summed E-state index contributed by atoms with van der Waals surface area (Å²) in [4.78, 5) is 26.1. The van der Waals surface area contributed by atoms with Crippen LogP contribution < -0.4 is 9.47 Å². The Balaban J connectivity index is 1.53. The van der Waals surface area contributed by atoms with Gasteiger partial charge in [-0.15, -0.1) is 0 Å². The Morgan fingerprint density at radius 1 is 1.00 bits per heavy atom. The van der Waals surface area contributed by atoms with E-state index in [9.17, 15) is 14.0 Å². The molecule has 1 heterocycles. The molecule has 1 amide bonds. The van der Waals surface area contributed by atoms with E-state index in [0.29, 0.717) is 36.8 Å². The van der Waals surface area contributed by atoms with E-state index in [1.54, 1.807) is 37.4 Å². The second kappa shape index (κ2) is 7.99. The summed E-state index contributed by atoms with van der Waals surface area (Å²) in [6.07, 6.45) is 0.233. The number of halogens is 1. The topological polar surface area (TPSA) is 55.8 Å². The van der Waals surface area contributed by atoms with Crippen molar-refractivity contribution in [2.45, 2.75) is 19.4 Å². The van der Waals surface area contributed by atoms with E-state index < -0.39 is 0 Å². The Morgan fingerprint density at radius 2 is 1.69 bits per heavy atom. The number of nitrogens with zero attached hydrogens (tertiary/aromatic N) is 1. The molecular formula is C20H20FNO4. The molecule has 0 saturated heterocycles. The quantitative estimate of drug-likeness (QED) is 0.745. The Kier molecular flexibility index (Phi) is 5.51. The minimum absolute atomic E-state index is 0.116. The Hall–Kier alpha value is -2.89. The molecule has 0 fully saturated rings. The van der Waals surface area contributed by atoms with Crippen molar-refractivity contribution < 1.29 is 23.5 Å². The Morgan fingerprint density at radius 3 is 2.42 bits per heavy atom. The molecule has 136 valence electrons. The van der Waals surface area contributed by atoms with Crippen LogP contribution in [0.1, 0.15) is 28.8 Å². The van der Waals surface area contributed by atoms with Gasteiger partial charge in [0.05, 0.1) is 0 Å². The first-order chi connectivity index (χ1) is 12.5. The van der Waals surface area contributed by atoms with E-state index in [-0.39, 0.29) is 30.3 Å². The minimum Gasteiger partial charge on any atom is -0.486 e. The molecule has 1 aliphatic heterocycles. The van der Waals surface area contributed by atoms with Crippen molar-refractivity contribution in [3.8, 4) is 11.5 Å². The van der Waals surface area contributed by atoms with Gasteiger partial charge in [0.1, 0.15) is 19.0 Å². The molecule has 0 saturated carbocycles. The molecule has 2 aromatic carbocycles. The van der Waals surface area contributed by atoms with Gasteiger partial charge in [-0.3, -0.25) is 9.59 Å². The second-order valence-corrected chi connectivity index (χ2v) is 6.16. The van der Waals surface area contributed by atoms with Gasteiger partial charge in [0.15, 0.2) is 17.3 Å². The molecule has 0 bridgehead atoms. The lowest BCUT2D eigenvalue weighted by Crippen LogP contribution is -2.26. The van der Waals surface area contributed by atoms with Crippen molar-refractivity contribution in [3.05, 3.63) is 59.4 Å². The van der Waals surface area contributed by atoms with E-state index in [0.717, 1.165) is 5.56 Å². The lowest BCUT2D eigenvalue weighted by molar-refractivity contribution is -0.130. The fourth-order valence-corrected chi connectivity index (χ4v) is 2.72. The number of rotatable bonds is 6. The number of carbonyl (C=O) groups excluding carboxylic acids is 2. The molecule has 0 radical (unpaired) electrons. The summed E-state index contributed by atoms with van der Waals surface area (Å²) < 4.78 is 23.8. The molecule has 0 spiro atoms. The summed E-state index contributed by atoms with van der Waals surface area (Å²) in [6.45, 7) is 1.32. The fourth-order valence-electron chi connectivity index (χ4n) is 2.72. The van der Waals surface area contributed by atoms with Gasteiger partial charge in [0.25, 0.3) is 0 Å². The summed E-state index contributed by atoms with van der Waals surface area (Å²) in [5, 5.41) is 0. The van der Waals surface area contributed by atoms with Gasteiger partial charge in [-0.25, -0.2) is 4.39 Å². The van der Waals surface area contributed by atoms with E-state index in [4.69, 9.17) is 9.47 Å². The highest BCUT2D eigenvalue weighted by Crippen LogP contribution is 2.31. The van der Waals surface area contributed by atoms with Crippen LogP contribution in [0.25, 0.3) is 0 Å². The summed E-state index contributed by atoms with van der Waals surface area (Å²) >= 11 is 0. The zero-order chi connectivity index (χ0) is 18.5. The maximum Gasteiger partial charge on any atom is 0.223 e. The van der Waals surface area contributed by atoms with Gasteiger partial charge in [0.2, 0.25) is 5.91 Å². The number of fused-ring (bicyclic) bond motifs is 1. The Bertz CT molecular complexity index is 804. The zero-order valence-electron chi connectivity index (χ0n) is 14.5. The maximum absolute atomic E-state index is 12.9. The standard InChI is InChI=1S/C20H20FNO4/c1-22(13-14-2-5-16(21)6-3-14)20(24)9-7-17(23)15-4-8-18-19(12-15)26-11-10-25-18/h2-6,8,12H,7,9-11,13H2,1H3. The number of carbonyl (C=O) groups is 2. The number of ketones is 1. The first kappa shape index (κ1) is 17.9. The summed E-state index contributed by atoms with van der Waals surface area (Å²) in [5.74, 6) is 0.614. The van der Waals surface area contributed by atoms with Crippen molar-refractivity contribution in [3.63, 3.8) is 0 Å². The number of benzene rings is 2. The second-order valence-electron chi connectivity index (χ2n) is 6.16. The van der Waals surface area contributed by atoms with Crippen LogP contribution in [0.2, 0.25) is 0 Å². The van der Waals surface area contributed by atoms with Crippen LogP contribution in [-0.4, -0.2) is 36.9 Å². The molecule has 0 unspecified atom stereocenters. The predicted molar refractivity (Wildman–Crippen MR) is 93.9 cm³/mol. The third kappa shape index (κ3) is 4.39. The van der Waals surface area contributed by atoms with E-state index in [1.165, 1.54) is 17.0 Å². The highest BCUT2D eigenvalue weighted by atomic mass is 19.1. The zero-order valence-corrected chi connectivity index (χ0v) is 14.5. The molecule has 2 aromatic rings. The molecular weight excluding hydrogens is 337 g/mol. The molecule has 0 atom stereocenters. The molecule has 26 heavy (non-hydrogen) atoms. The molecule has 6 heteroatoms. The average Bonchev–Trinajstić information content (AvgIpc) is 2.67. The predicted octanol–water partition coefficient (Wildman–Crippen LogP) is 3.22. The third-order valence-electron chi connectivity index (χ3n) is 4.19. The summed E-state index contributed by atoms with van der Waals surface area (Å²) in [5.41, 5.74) is 1.34. The molecule has 0 aromatic heterocycles. The van der Waals surface area contributed by atoms with Crippen molar-refractivity contribution in [1.29, 1.82) is 0 Å². The van der Waals surface area contributed by atoms with Crippen LogP contribution >= 0.6 is 0 Å². The normalized spacial score (nSPS) is 12.5. The number of ether oxygens (including phenoxy) is 2. The van der Waals surface area contributed by atoms with Crippen LogP contribution in [0.15, 0.2) is 42.5 Å². The first-order valence-electron chi connectivity index (χ1n) is 8.44.